The van der Waals surface area contributed by atoms with Crippen LogP contribution in [-0.4, -0.2) is 0 Å². The van der Waals surface area contributed by atoms with Crippen molar-refractivity contribution in [3.05, 3.63) is 20.1 Å². The zero-order chi connectivity index (χ0) is 19.3. The van der Waals surface area contributed by atoms with Crippen LogP contribution in [0.5, 0.6) is 0 Å². The Hall–Kier alpha value is 1.20. The molecule has 2 rings (SSSR count). The molecule has 0 bridgehead atoms. The predicted octanol–water partition coefficient (Wildman–Crippen LogP) is 9.03. The maximum atomic E-state index is 4.93. The van der Waals surface area contributed by atoms with Gasteiger partial charge in [-0.3, -0.25) is 0 Å². The van der Waals surface area contributed by atoms with E-state index in [4.69, 9.17) is 17.0 Å². The van der Waals surface area contributed by atoms with Crippen molar-refractivity contribution in [2.75, 3.05) is 0 Å². The number of rotatable bonds is 2. The Kier molecular flexibility index (Phi) is 23.0. The Bertz CT molecular complexity index is 251. The molecule has 0 N–H and O–H groups in total. The van der Waals surface area contributed by atoms with E-state index in [-0.39, 0.29) is 7.43 Å². The van der Waals surface area contributed by atoms with Gasteiger partial charge in [0, 0.05) is 0 Å². The molecule has 0 saturated heterocycles. The summed E-state index contributed by atoms with van der Waals surface area (Å²) in [6, 6.07) is 0. The number of allylic oxidation sites excluding steroid dienone is 1. The average Bonchev–Trinajstić information content (AvgIpc) is 3.05. The van der Waals surface area contributed by atoms with Crippen LogP contribution in [0.1, 0.15) is 81.1 Å². The molecule has 25 heavy (non-hydrogen) atoms. The summed E-state index contributed by atoms with van der Waals surface area (Å²) in [6.07, 6.45) is 7.62. The van der Waals surface area contributed by atoms with Crippen LogP contribution in [0.2, 0.25) is 0 Å². The molecule has 0 spiro atoms. The first-order valence-corrected chi connectivity index (χ1v) is 16.2. The SMILES string of the molecule is C=CCC1CCCC1C.CC.CC1C(C)C(C)C(C)C1C.[CH3-].[Cl][Zr][Cl]. The predicted molar refractivity (Wildman–Crippen MR) is 117 cm³/mol. The van der Waals surface area contributed by atoms with Gasteiger partial charge < -0.3 is 7.43 Å². The molecule has 0 amide bonds. The number of halogens is 2. The van der Waals surface area contributed by atoms with Gasteiger partial charge in [0.25, 0.3) is 0 Å². The molecule has 0 aromatic carbocycles. The second kappa shape index (κ2) is 18.6. The van der Waals surface area contributed by atoms with Crippen LogP contribution in [0.15, 0.2) is 12.7 Å². The van der Waals surface area contributed by atoms with Gasteiger partial charge >= 0.3 is 37.9 Å². The zero-order valence-corrected chi connectivity index (χ0v) is 22.4. The second-order valence-corrected chi connectivity index (χ2v) is 11.3. The molecule has 0 aromatic rings. The van der Waals surface area contributed by atoms with E-state index in [9.17, 15) is 0 Å². The Labute approximate surface area is 179 Å². The Morgan fingerprint density at radius 2 is 1.16 bits per heavy atom. The van der Waals surface area contributed by atoms with Gasteiger partial charge in [0.05, 0.1) is 0 Å². The third kappa shape index (κ3) is 11.6. The minimum atomic E-state index is -0.826. The van der Waals surface area contributed by atoms with E-state index >= 15 is 0 Å². The standard InChI is InChI=1S/C10H20.C9H16.C2H6.CH3.2ClH.Zr/c1-6-7(2)9(4)10(5)8(6)3;1-3-5-9-7-4-6-8(9)2;1-2;;;;/h6-10H,1-5H3;3,8-9H,1,4-7H2,2H3;1-2H3;1H3;2*1H;/q;;;-1;;;+2/p-2. The summed E-state index contributed by atoms with van der Waals surface area (Å²) in [5.74, 6) is 6.60. The van der Waals surface area contributed by atoms with E-state index in [0.717, 1.165) is 41.4 Å². The third-order valence-corrected chi connectivity index (χ3v) is 6.66. The van der Waals surface area contributed by atoms with Crippen molar-refractivity contribution in [1.82, 2.24) is 0 Å². The minimum absolute atomic E-state index is 0. The Morgan fingerprint density at radius 1 is 0.840 bits per heavy atom. The fourth-order valence-electron chi connectivity index (χ4n) is 4.18. The molecule has 2 fully saturated rings. The van der Waals surface area contributed by atoms with E-state index in [1.807, 2.05) is 13.8 Å². The summed E-state index contributed by atoms with van der Waals surface area (Å²) in [7, 11) is 9.87. The van der Waals surface area contributed by atoms with Crippen molar-refractivity contribution >= 4 is 17.0 Å². The molecule has 2 atom stereocenters. The van der Waals surface area contributed by atoms with Gasteiger partial charge in [-0.15, -0.1) is 6.58 Å². The fraction of sp³-hybridized carbons (Fsp3) is 0.864. The Morgan fingerprint density at radius 3 is 1.36 bits per heavy atom. The molecule has 2 unspecified atom stereocenters. The van der Waals surface area contributed by atoms with Crippen molar-refractivity contribution < 1.29 is 20.8 Å². The summed E-state index contributed by atoms with van der Waals surface area (Å²) >= 11 is -0.826. The van der Waals surface area contributed by atoms with Gasteiger partial charge in [-0.25, -0.2) is 0 Å². The van der Waals surface area contributed by atoms with E-state index in [2.05, 4.69) is 54.2 Å². The summed E-state index contributed by atoms with van der Waals surface area (Å²) in [5.41, 5.74) is 0. The van der Waals surface area contributed by atoms with Gasteiger partial charge in [-0.05, 0) is 54.3 Å². The second-order valence-electron chi connectivity index (χ2n) is 7.56. The van der Waals surface area contributed by atoms with Crippen LogP contribution in [0.4, 0.5) is 0 Å². The quantitative estimate of drug-likeness (QED) is 0.278. The van der Waals surface area contributed by atoms with Crippen molar-refractivity contribution in [2.24, 2.45) is 41.4 Å². The van der Waals surface area contributed by atoms with Crippen molar-refractivity contribution in [3.63, 3.8) is 0 Å². The summed E-state index contributed by atoms with van der Waals surface area (Å²) in [5, 5.41) is 0. The number of hydrogen-bond donors (Lipinski definition) is 0. The van der Waals surface area contributed by atoms with Crippen LogP contribution < -0.4 is 0 Å². The van der Waals surface area contributed by atoms with E-state index in [0.29, 0.717) is 0 Å². The topological polar surface area (TPSA) is 0 Å². The van der Waals surface area contributed by atoms with Crippen LogP contribution in [0, 0.1) is 48.9 Å². The van der Waals surface area contributed by atoms with Gasteiger partial charge in [0.1, 0.15) is 0 Å². The molecule has 0 radical (unpaired) electrons. The van der Waals surface area contributed by atoms with Gasteiger partial charge in [0.2, 0.25) is 0 Å². The summed E-state index contributed by atoms with van der Waals surface area (Å²) in [6.45, 7) is 22.1. The molecule has 0 nitrogen and oxygen atoms in total. The van der Waals surface area contributed by atoms with Crippen LogP contribution in [0.3, 0.4) is 0 Å². The normalized spacial score (nSPS) is 35.5. The molecule has 152 valence electrons. The van der Waals surface area contributed by atoms with Crippen LogP contribution >= 0.6 is 17.0 Å². The van der Waals surface area contributed by atoms with Crippen molar-refractivity contribution in [1.29, 1.82) is 0 Å². The third-order valence-electron chi connectivity index (χ3n) is 6.66. The van der Waals surface area contributed by atoms with E-state index in [1.54, 1.807) is 0 Å². The maximum absolute atomic E-state index is 4.93. The van der Waals surface area contributed by atoms with Crippen LogP contribution in [-0.2, 0) is 20.8 Å². The molecule has 2 aliphatic rings. The molecule has 3 heteroatoms. The molecular weight excluding hydrogens is 426 g/mol. The molecular formula is C22H45Cl2Zr-. The molecule has 2 saturated carbocycles. The summed E-state index contributed by atoms with van der Waals surface area (Å²) in [4.78, 5) is 0. The average molecular weight is 472 g/mol. The van der Waals surface area contributed by atoms with Gasteiger partial charge in [-0.1, -0.05) is 74.3 Å². The van der Waals surface area contributed by atoms with Crippen molar-refractivity contribution in [3.8, 4) is 0 Å². The van der Waals surface area contributed by atoms with Crippen molar-refractivity contribution in [2.45, 2.75) is 81.1 Å². The number of hydrogen-bond acceptors (Lipinski definition) is 0. The van der Waals surface area contributed by atoms with Crippen LogP contribution in [0.25, 0.3) is 0 Å². The molecule has 0 aliphatic heterocycles. The fourth-order valence-corrected chi connectivity index (χ4v) is 4.18. The monoisotopic (exact) mass is 469 g/mol. The molecule has 0 heterocycles. The Balaban J connectivity index is -0.000000300. The zero-order valence-electron chi connectivity index (χ0n) is 18.4. The van der Waals surface area contributed by atoms with E-state index < -0.39 is 20.8 Å². The first-order valence-electron chi connectivity index (χ1n) is 9.88. The summed E-state index contributed by atoms with van der Waals surface area (Å²) < 4.78 is 0. The first-order chi connectivity index (χ1) is 11.3. The van der Waals surface area contributed by atoms with Gasteiger partial charge in [0.15, 0.2) is 0 Å². The van der Waals surface area contributed by atoms with Gasteiger partial charge in [-0.2, -0.15) is 0 Å². The molecule has 2 aliphatic carbocycles. The molecule has 0 aromatic heterocycles. The first kappa shape index (κ1) is 30.9. The van der Waals surface area contributed by atoms with E-state index in [1.165, 1.54) is 25.7 Å².